The molecule has 0 fully saturated rings. The number of carbonyl (C=O) groups is 1. The lowest BCUT2D eigenvalue weighted by Gasteiger charge is -2.10. The van der Waals surface area contributed by atoms with Crippen LogP contribution in [0.15, 0.2) is 48.5 Å². The molecule has 3 nitrogen and oxygen atoms in total. The van der Waals surface area contributed by atoms with Crippen molar-refractivity contribution >= 4 is 11.6 Å². The summed E-state index contributed by atoms with van der Waals surface area (Å²) in [7, 11) is 0. The first-order valence-electron chi connectivity index (χ1n) is 7.27. The highest BCUT2D eigenvalue weighted by molar-refractivity contribution is 5.91. The van der Waals surface area contributed by atoms with Crippen molar-refractivity contribution < 1.29 is 4.79 Å². The molecule has 2 rings (SSSR count). The third-order valence-electron chi connectivity index (χ3n) is 3.58. The summed E-state index contributed by atoms with van der Waals surface area (Å²) < 4.78 is 0. The minimum atomic E-state index is 0.0456. The van der Waals surface area contributed by atoms with E-state index in [1.807, 2.05) is 50.2 Å². The van der Waals surface area contributed by atoms with Gasteiger partial charge in [0.25, 0.3) is 0 Å². The zero-order valence-corrected chi connectivity index (χ0v) is 12.6. The predicted octanol–water partition coefficient (Wildman–Crippen LogP) is 3.42. The molecule has 0 radical (unpaired) electrons. The maximum Gasteiger partial charge on any atom is 0.225 e. The first-order chi connectivity index (χ1) is 10.2. The summed E-state index contributed by atoms with van der Waals surface area (Å²) in [6, 6.07) is 16.1. The van der Waals surface area contributed by atoms with Crippen LogP contribution in [0.5, 0.6) is 0 Å². The molecule has 0 aliphatic rings. The van der Waals surface area contributed by atoms with Gasteiger partial charge in [-0.1, -0.05) is 42.5 Å². The van der Waals surface area contributed by atoms with Crippen molar-refractivity contribution in [3.8, 4) is 0 Å². The molecular weight excluding hydrogens is 260 g/mol. The number of hydrogen-bond donors (Lipinski definition) is 2. The molecule has 110 valence electrons. The Bertz CT molecular complexity index is 593. The summed E-state index contributed by atoms with van der Waals surface area (Å²) in [6.07, 6.45) is 0.472. The van der Waals surface area contributed by atoms with E-state index in [0.717, 1.165) is 17.8 Å². The average molecular weight is 282 g/mol. The minimum absolute atomic E-state index is 0.0456. The van der Waals surface area contributed by atoms with E-state index in [-0.39, 0.29) is 5.91 Å². The fourth-order valence-corrected chi connectivity index (χ4v) is 2.13. The number of anilines is 1. The van der Waals surface area contributed by atoms with Crippen LogP contribution in [0.4, 0.5) is 5.69 Å². The van der Waals surface area contributed by atoms with Gasteiger partial charge < -0.3 is 10.6 Å². The summed E-state index contributed by atoms with van der Waals surface area (Å²) in [4.78, 5) is 11.9. The van der Waals surface area contributed by atoms with Gasteiger partial charge in [0.2, 0.25) is 5.91 Å². The van der Waals surface area contributed by atoms with Crippen molar-refractivity contribution in [1.29, 1.82) is 0 Å². The largest absolute Gasteiger partial charge is 0.326 e. The second-order valence-corrected chi connectivity index (χ2v) is 5.21. The topological polar surface area (TPSA) is 41.1 Å². The smallest absolute Gasteiger partial charge is 0.225 e. The SMILES string of the molecule is Cc1cccc(NC(=O)CCNCc2ccccc2)c1C. The average Bonchev–Trinajstić information content (AvgIpc) is 2.49. The molecule has 21 heavy (non-hydrogen) atoms. The Morgan fingerprint density at radius 2 is 1.76 bits per heavy atom. The number of rotatable bonds is 6. The van der Waals surface area contributed by atoms with E-state index in [2.05, 4.69) is 22.8 Å². The highest BCUT2D eigenvalue weighted by Gasteiger charge is 2.05. The van der Waals surface area contributed by atoms with E-state index in [1.54, 1.807) is 0 Å². The molecule has 0 heterocycles. The number of aryl methyl sites for hydroxylation is 1. The first-order valence-corrected chi connectivity index (χ1v) is 7.27. The Labute approximate surface area is 126 Å². The van der Waals surface area contributed by atoms with Crippen molar-refractivity contribution in [3.63, 3.8) is 0 Å². The molecule has 2 N–H and O–H groups in total. The highest BCUT2D eigenvalue weighted by Crippen LogP contribution is 2.17. The molecule has 3 heteroatoms. The van der Waals surface area contributed by atoms with Crippen LogP contribution in [0.1, 0.15) is 23.1 Å². The second-order valence-electron chi connectivity index (χ2n) is 5.21. The standard InChI is InChI=1S/C18H22N2O/c1-14-7-6-10-17(15(14)2)20-18(21)11-12-19-13-16-8-4-3-5-9-16/h3-10,19H,11-13H2,1-2H3,(H,20,21). The van der Waals surface area contributed by atoms with Gasteiger partial charge in [0.15, 0.2) is 0 Å². The van der Waals surface area contributed by atoms with Gasteiger partial charge in [-0.15, -0.1) is 0 Å². The Balaban J connectivity index is 1.74. The lowest BCUT2D eigenvalue weighted by molar-refractivity contribution is -0.116. The van der Waals surface area contributed by atoms with Crippen LogP contribution >= 0.6 is 0 Å². The number of amides is 1. The third kappa shape index (κ3) is 4.72. The fraction of sp³-hybridized carbons (Fsp3) is 0.278. The maximum atomic E-state index is 11.9. The molecular formula is C18H22N2O. The van der Waals surface area contributed by atoms with Crippen LogP contribution in [-0.2, 0) is 11.3 Å². The van der Waals surface area contributed by atoms with Crippen LogP contribution in [0.3, 0.4) is 0 Å². The Morgan fingerprint density at radius 3 is 2.52 bits per heavy atom. The molecule has 0 spiro atoms. The number of nitrogens with one attached hydrogen (secondary N) is 2. The van der Waals surface area contributed by atoms with Crippen LogP contribution in [-0.4, -0.2) is 12.5 Å². The molecule has 0 unspecified atom stereocenters. The van der Waals surface area contributed by atoms with Crippen molar-refractivity contribution in [1.82, 2.24) is 5.32 Å². The van der Waals surface area contributed by atoms with Crippen LogP contribution in [0.25, 0.3) is 0 Å². The van der Waals surface area contributed by atoms with Gasteiger partial charge in [0.05, 0.1) is 0 Å². The number of hydrogen-bond acceptors (Lipinski definition) is 2. The Hall–Kier alpha value is -2.13. The molecule has 0 aliphatic carbocycles. The minimum Gasteiger partial charge on any atom is -0.326 e. The molecule has 0 saturated carbocycles. The fourth-order valence-electron chi connectivity index (χ4n) is 2.13. The van der Waals surface area contributed by atoms with Crippen molar-refractivity contribution in [2.45, 2.75) is 26.8 Å². The van der Waals surface area contributed by atoms with Crippen LogP contribution in [0.2, 0.25) is 0 Å². The second kappa shape index (κ2) is 7.60. The van der Waals surface area contributed by atoms with Crippen LogP contribution < -0.4 is 10.6 Å². The molecule has 0 aliphatic heterocycles. The number of carbonyl (C=O) groups excluding carboxylic acids is 1. The molecule has 0 aromatic heterocycles. The summed E-state index contributed by atoms with van der Waals surface area (Å²) in [5, 5.41) is 6.25. The summed E-state index contributed by atoms with van der Waals surface area (Å²) in [6.45, 7) is 5.54. The van der Waals surface area contributed by atoms with Gasteiger partial charge in [-0.3, -0.25) is 4.79 Å². The normalized spacial score (nSPS) is 10.4. The quantitative estimate of drug-likeness (QED) is 0.797. The van der Waals surface area contributed by atoms with E-state index in [1.165, 1.54) is 11.1 Å². The first kappa shape index (κ1) is 15.3. The van der Waals surface area contributed by atoms with E-state index >= 15 is 0 Å². The monoisotopic (exact) mass is 282 g/mol. The van der Waals surface area contributed by atoms with Gasteiger partial charge in [-0.25, -0.2) is 0 Å². The Morgan fingerprint density at radius 1 is 1.00 bits per heavy atom. The molecule has 0 bridgehead atoms. The van der Waals surface area contributed by atoms with Gasteiger partial charge in [-0.05, 0) is 36.6 Å². The molecule has 2 aromatic rings. The van der Waals surface area contributed by atoms with E-state index < -0.39 is 0 Å². The van der Waals surface area contributed by atoms with Gasteiger partial charge in [0, 0.05) is 25.2 Å². The lowest BCUT2D eigenvalue weighted by Crippen LogP contribution is -2.21. The molecule has 0 atom stereocenters. The van der Waals surface area contributed by atoms with Crippen molar-refractivity contribution in [3.05, 3.63) is 65.2 Å². The van der Waals surface area contributed by atoms with Crippen molar-refractivity contribution in [2.24, 2.45) is 0 Å². The summed E-state index contributed by atoms with van der Waals surface area (Å²) in [5.41, 5.74) is 4.45. The lowest BCUT2D eigenvalue weighted by atomic mass is 10.1. The molecule has 1 amide bonds. The van der Waals surface area contributed by atoms with Gasteiger partial charge in [-0.2, -0.15) is 0 Å². The van der Waals surface area contributed by atoms with Crippen molar-refractivity contribution in [2.75, 3.05) is 11.9 Å². The van der Waals surface area contributed by atoms with Gasteiger partial charge >= 0.3 is 0 Å². The van der Waals surface area contributed by atoms with E-state index in [4.69, 9.17) is 0 Å². The molecule has 2 aromatic carbocycles. The molecule has 0 saturated heterocycles. The number of benzene rings is 2. The highest BCUT2D eigenvalue weighted by atomic mass is 16.1. The predicted molar refractivity (Wildman–Crippen MR) is 87.3 cm³/mol. The van der Waals surface area contributed by atoms with Crippen LogP contribution in [0, 0.1) is 13.8 Å². The third-order valence-corrected chi connectivity index (χ3v) is 3.58. The summed E-state index contributed by atoms with van der Waals surface area (Å²) >= 11 is 0. The summed E-state index contributed by atoms with van der Waals surface area (Å²) in [5.74, 6) is 0.0456. The van der Waals surface area contributed by atoms with E-state index in [0.29, 0.717) is 13.0 Å². The zero-order valence-electron chi connectivity index (χ0n) is 12.6. The zero-order chi connectivity index (χ0) is 15.1. The van der Waals surface area contributed by atoms with E-state index in [9.17, 15) is 4.79 Å². The van der Waals surface area contributed by atoms with Gasteiger partial charge in [0.1, 0.15) is 0 Å². The Kier molecular flexibility index (Phi) is 5.52. The maximum absolute atomic E-state index is 11.9.